The molecule has 1 unspecified atom stereocenters. The van der Waals surface area contributed by atoms with Gasteiger partial charge in [-0.3, -0.25) is 0 Å². The third-order valence-electron chi connectivity index (χ3n) is 10.7. The lowest BCUT2D eigenvalue weighted by atomic mass is 9.91. The first kappa shape index (κ1) is 31.7. The molecular weight excluding hydrogens is 653 g/mol. The molecule has 9 aromatic rings. The zero-order chi connectivity index (χ0) is 35.8. The maximum atomic E-state index is 5.27. The molecule has 1 N–H and O–H groups in total. The highest BCUT2D eigenvalue weighted by molar-refractivity contribution is 6.25. The van der Waals surface area contributed by atoms with Crippen LogP contribution >= 0.6 is 0 Å². The van der Waals surface area contributed by atoms with E-state index >= 15 is 0 Å². The molecule has 9 aromatic carbocycles. The maximum Gasteiger partial charge on any atom is 0.134 e. The first-order valence-corrected chi connectivity index (χ1v) is 18.6. The van der Waals surface area contributed by atoms with E-state index in [4.69, 9.17) is 4.99 Å². The van der Waals surface area contributed by atoms with Crippen molar-refractivity contribution >= 4 is 43.9 Å². The fraction of sp³-hybridized carbons (Fsp3) is 0.0192. The summed E-state index contributed by atoms with van der Waals surface area (Å²) >= 11 is 0. The second kappa shape index (κ2) is 13.5. The van der Waals surface area contributed by atoms with E-state index in [0.29, 0.717) is 0 Å². The molecule has 0 saturated carbocycles. The number of nitrogens with one attached hydrogen (secondary N) is 1. The van der Waals surface area contributed by atoms with Crippen LogP contribution in [-0.2, 0) is 0 Å². The Balaban J connectivity index is 1.11. The number of benzene rings is 9. The fourth-order valence-corrected chi connectivity index (χ4v) is 7.99. The van der Waals surface area contributed by atoms with Crippen LogP contribution in [-0.4, -0.2) is 5.84 Å². The summed E-state index contributed by atoms with van der Waals surface area (Å²) in [5.41, 5.74) is 11.3. The molecule has 0 aliphatic carbocycles. The first-order valence-electron chi connectivity index (χ1n) is 18.6. The molecule has 0 saturated heterocycles. The van der Waals surface area contributed by atoms with Crippen LogP contribution in [0.4, 0.5) is 0 Å². The standard InChI is InChI=1S/C52H36N2/c1-4-15-35(16-5-1)41-30-42(32-43(31-41)52-53-50(36-17-6-2-7-18-36)34-51(54-52)37-19-8-3-9-20-37)39-22-14-21-38(29-39)40-27-28-48-46-25-11-10-23-44(46)45-24-12-13-26-47(45)49(48)33-40/h1-34,50H,(H,53,54). The van der Waals surface area contributed by atoms with E-state index in [1.54, 1.807) is 0 Å². The van der Waals surface area contributed by atoms with Crippen LogP contribution in [0.1, 0.15) is 22.7 Å². The van der Waals surface area contributed by atoms with Crippen molar-refractivity contribution in [2.45, 2.75) is 6.04 Å². The maximum absolute atomic E-state index is 5.27. The Labute approximate surface area is 315 Å². The number of aliphatic imine (C=N–C) groups is 1. The molecule has 0 radical (unpaired) electrons. The van der Waals surface area contributed by atoms with Crippen LogP contribution in [0.2, 0.25) is 0 Å². The number of hydrogen-bond donors (Lipinski definition) is 1. The Morgan fingerprint density at radius 2 is 0.759 bits per heavy atom. The summed E-state index contributed by atoms with van der Waals surface area (Å²) in [6.07, 6.45) is 2.23. The van der Waals surface area contributed by atoms with Crippen LogP contribution in [0.3, 0.4) is 0 Å². The normalized spacial score (nSPS) is 14.1. The minimum absolute atomic E-state index is 0.0258. The third kappa shape index (κ3) is 5.84. The van der Waals surface area contributed by atoms with Gasteiger partial charge in [0.2, 0.25) is 0 Å². The van der Waals surface area contributed by atoms with Crippen molar-refractivity contribution in [1.29, 1.82) is 0 Å². The van der Waals surface area contributed by atoms with Gasteiger partial charge >= 0.3 is 0 Å². The van der Waals surface area contributed by atoms with Gasteiger partial charge < -0.3 is 5.32 Å². The predicted molar refractivity (Wildman–Crippen MR) is 229 cm³/mol. The van der Waals surface area contributed by atoms with Crippen molar-refractivity contribution in [3.63, 3.8) is 0 Å². The Bertz CT molecular complexity index is 2850. The monoisotopic (exact) mass is 688 g/mol. The average Bonchev–Trinajstić information content (AvgIpc) is 3.27. The SMILES string of the molecule is C1=C(c2ccccc2)N=C(c2cc(-c3ccccc3)cc(-c3cccc(-c4ccc5c6ccccc6c6ccccc6c5c4)c3)c2)NC1c1ccccc1. The third-order valence-corrected chi connectivity index (χ3v) is 10.7. The van der Waals surface area contributed by atoms with Crippen LogP contribution in [0.5, 0.6) is 0 Å². The highest BCUT2D eigenvalue weighted by atomic mass is 15.0. The van der Waals surface area contributed by atoms with Crippen molar-refractivity contribution < 1.29 is 0 Å². The number of hydrogen-bond acceptors (Lipinski definition) is 2. The summed E-state index contributed by atoms with van der Waals surface area (Å²) in [7, 11) is 0. The molecule has 254 valence electrons. The molecular formula is C52H36N2. The second-order valence-electron chi connectivity index (χ2n) is 14.0. The molecule has 0 aromatic heterocycles. The van der Waals surface area contributed by atoms with E-state index in [1.165, 1.54) is 54.6 Å². The van der Waals surface area contributed by atoms with Crippen molar-refractivity contribution in [2.24, 2.45) is 4.99 Å². The van der Waals surface area contributed by atoms with Gasteiger partial charge in [0.1, 0.15) is 5.84 Å². The molecule has 2 nitrogen and oxygen atoms in total. The summed E-state index contributed by atoms with van der Waals surface area (Å²) in [6, 6.07) is 72.0. The van der Waals surface area contributed by atoms with Gasteiger partial charge in [0.15, 0.2) is 0 Å². The Kier molecular flexibility index (Phi) is 7.92. The van der Waals surface area contributed by atoms with E-state index in [0.717, 1.165) is 39.3 Å². The Morgan fingerprint density at radius 3 is 1.41 bits per heavy atom. The minimum atomic E-state index is -0.0258. The quantitative estimate of drug-likeness (QED) is 0.173. The molecule has 0 bridgehead atoms. The molecule has 1 aliphatic rings. The van der Waals surface area contributed by atoms with Crippen LogP contribution in [0.15, 0.2) is 211 Å². The molecule has 10 rings (SSSR count). The Morgan fingerprint density at radius 1 is 0.315 bits per heavy atom. The first-order chi connectivity index (χ1) is 26.7. The van der Waals surface area contributed by atoms with E-state index in [9.17, 15) is 0 Å². The highest BCUT2D eigenvalue weighted by Gasteiger charge is 2.21. The van der Waals surface area contributed by atoms with Crippen LogP contribution in [0.25, 0.3) is 71.4 Å². The topological polar surface area (TPSA) is 24.4 Å². The van der Waals surface area contributed by atoms with E-state index < -0.39 is 0 Å². The number of fused-ring (bicyclic) bond motifs is 6. The van der Waals surface area contributed by atoms with Crippen LogP contribution < -0.4 is 5.32 Å². The van der Waals surface area contributed by atoms with E-state index in [-0.39, 0.29) is 6.04 Å². The molecule has 1 aliphatic heterocycles. The van der Waals surface area contributed by atoms with Gasteiger partial charge in [-0.1, -0.05) is 170 Å². The fourth-order valence-electron chi connectivity index (χ4n) is 7.99. The lowest BCUT2D eigenvalue weighted by Gasteiger charge is -2.25. The van der Waals surface area contributed by atoms with Gasteiger partial charge in [-0.2, -0.15) is 0 Å². The van der Waals surface area contributed by atoms with Crippen molar-refractivity contribution in [2.75, 3.05) is 0 Å². The summed E-state index contributed by atoms with van der Waals surface area (Å²) in [4.78, 5) is 5.27. The zero-order valence-electron chi connectivity index (χ0n) is 29.7. The van der Waals surface area contributed by atoms with E-state index in [1.807, 2.05) is 0 Å². The molecule has 1 atom stereocenters. The molecule has 0 spiro atoms. The average molecular weight is 689 g/mol. The summed E-state index contributed by atoms with van der Waals surface area (Å²) in [5, 5.41) is 11.5. The van der Waals surface area contributed by atoms with Gasteiger partial charge in [0.05, 0.1) is 11.7 Å². The highest BCUT2D eigenvalue weighted by Crippen LogP contribution is 2.38. The number of amidine groups is 1. The van der Waals surface area contributed by atoms with E-state index in [2.05, 4.69) is 212 Å². The van der Waals surface area contributed by atoms with Gasteiger partial charge in [0.25, 0.3) is 0 Å². The van der Waals surface area contributed by atoms with Gasteiger partial charge in [0, 0.05) is 5.56 Å². The largest absolute Gasteiger partial charge is 0.359 e. The summed E-state index contributed by atoms with van der Waals surface area (Å²) in [6.45, 7) is 0. The number of rotatable bonds is 6. The molecule has 2 heteroatoms. The van der Waals surface area contributed by atoms with Gasteiger partial charge in [-0.15, -0.1) is 0 Å². The van der Waals surface area contributed by atoms with Crippen LogP contribution in [0, 0.1) is 0 Å². The minimum Gasteiger partial charge on any atom is -0.359 e. The molecule has 0 fully saturated rings. The Hall–Kier alpha value is -7.03. The van der Waals surface area contributed by atoms with Gasteiger partial charge in [-0.25, -0.2) is 4.99 Å². The lowest BCUT2D eigenvalue weighted by Crippen LogP contribution is -2.31. The van der Waals surface area contributed by atoms with Crippen molar-refractivity contribution in [3.05, 3.63) is 223 Å². The summed E-state index contributed by atoms with van der Waals surface area (Å²) in [5.74, 6) is 0.856. The van der Waals surface area contributed by atoms with Crippen molar-refractivity contribution in [3.8, 4) is 33.4 Å². The predicted octanol–water partition coefficient (Wildman–Crippen LogP) is 13.3. The zero-order valence-corrected chi connectivity index (χ0v) is 29.7. The second-order valence-corrected chi connectivity index (χ2v) is 14.0. The van der Waals surface area contributed by atoms with Crippen molar-refractivity contribution in [1.82, 2.24) is 5.32 Å². The lowest BCUT2D eigenvalue weighted by molar-refractivity contribution is 0.781. The molecule has 0 amide bonds. The smallest absolute Gasteiger partial charge is 0.134 e. The molecule has 1 heterocycles. The summed E-state index contributed by atoms with van der Waals surface area (Å²) < 4.78 is 0. The number of nitrogens with zero attached hydrogens (tertiary/aromatic N) is 1. The molecule has 54 heavy (non-hydrogen) atoms. The van der Waals surface area contributed by atoms with Gasteiger partial charge in [-0.05, 0) is 113 Å².